The Labute approximate surface area is 189 Å². The van der Waals surface area contributed by atoms with Crippen LogP contribution in [-0.4, -0.2) is 32.9 Å². The Morgan fingerprint density at radius 1 is 1.00 bits per heavy atom. The van der Waals surface area contributed by atoms with E-state index in [0.29, 0.717) is 10.1 Å². The molecule has 0 spiro atoms. The highest BCUT2D eigenvalue weighted by Gasteiger charge is 2.25. The third kappa shape index (κ3) is 6.24. The van der Waals surface area contributed by atoms with E-state index in [0.717, 1.165) is 15.6 Å². The molecule has 0 saturated heterocycles. The molecule has 0 fully saturated rings. The molecule has 0 unspecified atom stereocenters. The lowest BCUT2D eigenvalue weighted by Crippen LogP contribution is -2.47. The minimum absolute atomic E-state index is 0.275. The van der Waals surface area contributed by atoms with Gasteiger partial charge in [-0.25, -0.2) is 0 Å². The Bertz CT molecular complexity index is 983. The third-order valence-electron chi connectivity index (χ3n) is 3.86. The highest BCUT2D eigenvalue weighted by Crippen LogP contribution is 2.27. The quantitative estimate of drug-likeness (QED) is 0.457. The van der Waals surface area contributed by atoms with Gasteiger partial charge in [0.05, 0.1) is 0 Å². The molecule has 1 heterocycles. The number of amides is 2. The SMILES string of the molecule is O=C(N[C@@H](Cc1ccccc1)C(=O)Nc1nnc(-c2ccc(Br)cc2)s1)C(Cl)Cl. The van der Waals surface area contributed by atoms with E-state index in [2.05, 4.69) is 36.8 Å². The van der Waals surface area contributed by atoms with Crippen LogP contribution in [0.4, 0.5) is 5.13 Å². The van der Waals surface area contributed by atoms with Crippen LogP contribution in [0.3, 0.4) is 0 Å². The number of carbonyl (C=O) groups is 2. The number of benzene rings is 2. The molecule has 10 heteroatoms. The van der Waals surface area contributed by atoms with Crippen molar-refractivity contribution in [2.24, 2.45) is 0 Å². The molecule has 29 heavy (non-hydrogen) atoms. The van der Waals surface area contributed by atoms with Gasteiger partial charge >= 0.3 is 0 Å². The molecule has 0 radical (unpaired) electrons. The summed E-state index contributed by atoms with van der Waals surface area (Å²) in [7, 11) is 0. The van der Waals surface area contributed by atoms with E-state index in [1.807, 2.05) is 54.6 Å². The van der Waals surface area contributed by atoms with Crippen molar-refractivity contribution in [3.8, 4) is 10.6 Å². The highest BCUT2D eigenvalue weighted by atomic mass is 79.9. The minimum atomic E-state index is -1.27. The molecule has 0 bridgehead atoms. The summed E-state index contributed by atoms with van der Waals surface area (Å²) in [6, 6.07) is 16.0. The van der Waals surface area contributed by atoms with E-state index < -0.39 is 22.7 Å². The fourth-order valence-corrected chi connectivity index (χ4v) is 3.61. The Kier molecular flexibility index (Phi) is 7.60. The monoisotopic (exact) mass is 512 g/mol. The van der Waals surface area contributed by atoms with Gasteiger partial charge in [-0.3, -0.25) is 14.9 Å². The summed E-state index contributed by atoms with van der Waals surface area (Å²) < 4.78 is 0.954. The maximum absolute atomic E-state index is 12.8. The zero-order chi connectivity index (χ0) is 20.8. The second kappa shape index (κ2) is 10.2. The number of alkyl halides is 2. The zero-order valence-electron chi connectivity index (χ0n) is 14.8. The molecular formula is C19H15BrCl2N4O2S. The topological polar surface area (TPSA) is 84.0 Å². The molecule has 3 aromatic rings. The number of carbonyl (C=O) groups excluding carboxylic acids is 2. The molecule has 6 nitrogen and oxygen atoms in total. The predicted molar refractivity (Wildman–Crippen MR) is 119 cm³/mol. The van der Waals surface area contributed by atoms with Crippen LogP contribution in [0.5, 0.6) is 0 Å². The van der Waals surface area contributed by atoms with E-state index in [9.17, 15) is 9.59 Å². The largest absolute Gasteiger partial charge is 0.342 e. The van der Waals surface area contributed by atoms with Gasteiger partial charge in [0.25, 0.3) is 5.91 Å². The lowest BCUT2D eigenvalue weighted by Gasteiger charge is -2.18. The van der Waals surface area contributed by atoms with Crippen LogP contribution in [0, 0.1) is 0 Å². The van der Waals surface area contributed by atoms with E-state index in [1.165, 1.54) is 11.3 Å². The fraction of sp³-hybridized carbons (Fsp3) is 0.158. The standard InChI is InChI=1S/C19H15BrCl2N4O2S/c20-13-8-6-12(7-9-13)18-25-26-19(29-18)24-16(27)14(23-17(28)15(21)22)10-11-4-2-1-3-5-11/h1-9,14-15H,10H2,(H,23,28)(H,24,26,27)/t14-/m0/s1. The molecule has 1 aromatic heterocycles. The van der Waals surface area contributed by atoms with Crippen LogP contribution in [0.25, 0.3) is 10.6 Å². The molecule has 150 valence electrons. The van der Waals surface area contributed by atoms with E-state index >= 15 is 0 Å². The number of aromatic nitrogens is 2. The van der Waals surface area contributed by atoms with Gasteiger partial charge in [0, 0.05) is 16.5 Å². The molecule has 0 saturated carbocycles. The van der Waals surface area contributed by atoms with Crippen molar-refractivity contribution in [3.63, 3.8) is 0 Å². The predicted octanol–water partition coefficient (Wildman–Crippen LogP) is 4.44. The smallest absolute Gasteiger partial charge is 0.253 e. The summed E-state index contributed by atoms with van der Waals surface area (Å²) >= 11 is 15.9. The van der Waals surface area contributed by atoms with Crippen molar-refractivity contribution in [3.05, 3.63) is 64.6 Å². The van der Waals surface area contributed by atoms with Crippen molar-refractivity contribution in [1.29, 1.82) is 0 Å². The number of anilines is 1. The van der Waals surface area contributed by atoms with Gasteiger partial charge in [0.2, 0.25) is 11.0 Å². The molecule has 2 N–H and O–H groups in total. The van der Waals surface area contributed by atoms with Crippen LogP contribution in [-0.2, 0) is 16.0 Å². The van der Waals surface area contributed by atoms with Gasteiger partial charge in [0.15, 0.2) is 4.84 Å². The van der Waals surface area contributed by atoms with Gasteiger partial charge < -0.3 is 5.32 Å². The Balaban J connectivity index is 1.73. The number of rotatable bonds is 7. The molecule has 3 rings (SSSR count). The van der Waals surface area contributed by atoms with Crippen molar-refractivity contribution in [2.45, 2.75) is 17.3 Å². The molecule has 2 amide bonds. The van der Waals surface area contributed by atoms with Crippen molar-refractivity contribution in [2.75, 3.05) is 5.32 Å². The fourth-order valence-electron chi connectivity index (χ4n) is 2.47. The summed E-state index contributed by atoms with van der Waals surface area (Å²) in [5.41, 5.74) is 1.76. The molecule has 2 aromatic carbocycles. The third-order valence-corrected chi connectivity index (χ3v) is 5.67. The number of hydrogen-bond donors (Lipinski definition) is 2. The minimum Gasteiger partial charge on any atom is -0.342 e. The second-order valence-electron chi connectivity index (χ2n) is 5.96. The highest BCUT2D eigenvalue weighted by molar-refractivity contribution is 9.10. The lowest BCUT2D eigenvalue weighted by molar-refractivity contribution is -0.125. The van der Waals surface area contributed by atoms with Gasteiger partial charge in [0.1, 0.15) is 11.0 Å². The summed E-state index contributed by atoms with van der Waals surface area (Å²) in [5.74, 6) is -1.08. The molecule has 1 atom stereocenters. The zero-order valence-corrected chi connectivity index (χ0v) is 18.7. The Hall–Kier alpha value is -2.00. The van der Waals surface area contributed by atoms with Gasteiger partial charge in [-0.15, -0.1) is 10.2 Å². The van der Waals surface area contributed by atoms with Crippen molar-refractivity contribution in [1.82, 2.24) is 15.5 Å². The van der Waals surface area contributed by atoms with E-state index in [1.54, 1.807) is 0 Å². The number of hydrogen-bond acceptors (Lipinski definition) is 5. The van der Waals surface area contributed by atoms with Crippen LogP contribution in [0.15, 0.2) is 59.1 Å². The maximum Gasteiger partial charge on any atom is 0.253 e. The van der Waals surface area contributed by atoms with Crippen molar-refractivity contribution >= 4 is 67.4 Å². The first-order valence-electron chi connectivity index (χ1n) is 8.45. The molecule has 0 aliphatic carbocycles. The average Bonchev–Trinajstić information content (AvgIpc) is 3.17. The van der Waals surface area contributed by atoms with Gasteiger partial charge in [-0.2, -0.15) is 0 Å². The van der Waals surface area contributed by atoms with Gasteiger partial charge in [-0.1, -0.05) is 92.9 Å². The van der Waals surface area contributed by atoms with E-state index in [-0.39, 0.29) is 6.42 Å². The lowest BCUT2D eigenvalue weighted by atomic mass is 10.1. The first-order valence-corrected chi connectivity index (χ1v) is 10.9. The summed E-state index contributed by atoms with van der Waals surface area (Å²) in [6.07, 6.45) is 0.275. The second-order valence-corrected chi connectivity index (χ2v) is 8.95. The van der Waals surface area contributed by atoms with Crippen LogP contribution in [0.1, 0.15) is 5.56 Å². The van der Waals surface area contributed by atoms with Crippen molar-refractivity contribution < 1.29 is 9.59 Å². The summed E-state index contributed by atoms with van der Waals surface area (Å²) in [4.78, 5) is 23.4. The normalized spacial score (nSPS) is 11.9. The first-order chi connectivity index (χ1) is 13.9. The number of nitrogens with zero attached hydrogens (tertiary/aromatic N) is 2. The molecule has 0 aliphatic rings. The van der Waals surface area contributed by atoms with Crippen LogP contribution in [0.2, 0.25) is 0 Å². The average molecular weight is 514 g/mol. The number of halogens is 3. The molecular weight excluding hydrogens is 499 g/mol. The summed E-state index contributed by atoms with van der Waals surface area (Å²) in [6.45, 7) is 0. The van der Waals surface area contributed by atoms with E-state index in [4.69, 9.17) is 23.2 Å². The maximum atomic E-state index is 12.8. The first kappa shape index (κ1) is 21.7. The Morgan fingerprint density at radius 2 is 1.69 bits per heavy atom. The number of nitrogens with one attached hydrogen (secondary N) is 2. The molecule has 0 aliphatic heterocycles. The van der Waals surface area contributed by atoms with Crippen LogP contribution >= 0.6 is 50.5 Å². The van der Waals surface area contributed by atoms with Crippen LogP contribution < -0.4 is 10.6 Å². The summed E-state index contributed by atoms with van der Waals surface area (Å²) in [5, 5.41) is 14.4. The Morgan fingerprint density at radius 3 is 2.34 bits per heavy atom. The van der Waals surface area contributed by atoms with Gasteiger partial charge in [-0.05, 0) is 17.7 Å².